The normalized spacial score (nSPS) is 17.6. The average molecular weight is 460 g/mol. The first-order valence-electron chi connectivity index (χ1n) is 10.5. The Hall–Kier alpha value is -3.03. The lowest BCUT2D eigenvalue weighted by Gasteiger charge is -2.25. The molecule has 1 saturated heterocycles. The van der Waals surface area contributed by atoms with Gasteiger partial charge in [-0.3, -0.25) is 9.59 Å². The molecule has 1 atom stereocenters. The third kappa shape index (κ3) is 4.74. The van der Waals surface area contributed by atoms with Crippen LogP contribution in [-0.4, -0.2) is 53.2 Å². The first-order chi connectivity index (χ1) is 15.4. The summed E-state index contributed by atoms with van der Waals surface area (Å²) in [4.78, 5) is 27.3. The van der Waals surface area contributed by atoms with E-state index in [0.29, 0.717) is 36.6 Å². The third-order valence-corrected chi connectivity index (χ3v) is 5.37. The second-order valence-corrected chi connectivity index (χ2v) is 7.62. The van der Waals surface area contributed by atoms with E-state index in [1.807, 2.05) is 13.8 Å². The SMILES string of the molecule is CCCN1C(=O)C(=O)/C(=C(/O)c2cc(OCC)ccc2Cl)C1c1cccc(OCCO)c1. The minimum atomic E-state index is -0.806. The van der Waals surface area contributed by atoms with E-state index in [9.17, 15) is 14.7 Å². The van der Waals surface area contributed by atoms with Crippen LogP contribution in [0.2, 0.25) is 5.02 Å². The van der Waals surface area contributed by atoms with Crippen LogP contribution in [0.15, 0.2) is 48.0 Å². The maximum Gasteiger partial charge on any atom is 0.295 e. The van der Waals surface area contributed by atoms with Crippen LogP contribution in [0, 0.1) is 0 Å². The monoisotopic (exact) mass is 459 g/mol. The van der Waals surface area contributed by atoms with Crippen molar-refractivity contribution in [2.45, 2.75) is 26.3 Å². The number of carbonyl (C=O) groups excluding carboxylic acids is 2. The molecule has 0 aliphatic carbocycles. The lowest BCUT2D eigenvalue weighted by Crippen LogP contribution is -2.30. The molecule has 0 bridgehead atoms. The number of carbonyl (C=O) groups is 2. The van der Waals surface area contributed by atoms with Gasteiger partial charge in [0.1, 0.15) is 23.9 Å². The fraction of sp³-hybridized carbons (Fsp3) is 0.333. The quantitative estimate of drug-likeness (QED) is 0.335. The number of hydrogen-bond acceptors (Lipinski definition) is 6. The summed E-state index contributed by atoms with van der Waals surface area (Å²) >= 11 is 6.32. The molecule has 2 aromatic rings. The molecule has 1 fully saturated rings. The molecule has 2 N–H and O–H groups in total. The van der Waals surface area contributed by atoms with Gasteiger partial charge in [0.25, 0.3) is 11.7 Å². The molecular weight excluding hydrogens is 434 g/mol. The number of nitrogens with zero attached hydrogens (tertiary/aromatic N) is 1. The lowest BCUT2D eigenvalue weighted by molar-refractivity contribution is -0.139. The van der Waals surface area contributed by atoms with Gasteiger partial charge in [0.2, 0.25) is 0 Å². The highest BCUT2D eigenvalue weighted by atomic mass is 35.5. The van der Waals surface area contributed by atoms with Crippen LogP contribution in [0.25, 0.3) is 5.76 Å². The maximum atomic E-state index is 13.0. The van der Waals surface area contributed by atoms with Gasteiger partial charge >= 0.3 is 0 Å². The van der Waals surface area contributed by atoms with Gasteiger partial charge in [-0.1, -0.05) is 30.7 Å². The Morgan fingerprint density at radius 3 is 2.53 bits per heavy atom. The number of amides is 1. The zero-order valence-electron chi connectivity index (χ0n) is 18.0. The number of Topliss-reactive ketones (excluding diaryl/α,β-unsaturated/α-hetero) is 1. The summed E-state index contributed by atoms with van der Waals surface area (Å²) in [7, 11) is 0. The number of aliphatic hydroxyl groups is 2. The second kappa shape index (κ2) is 10.5. The molecule has 1 heterocycles. The predicted octanol–water partition coefficient (Wildman–Crippen LogP) is 3.94. The van der Waals surface area contributed by atoms with E-state index in [1.165, 1.54) is 4.90 Å². The molecule has 2 aromatic carbocycles. The standard InChI is InChI=1S/C24H26ClNO6/c1-3-10-26-21(15-6-5-7-16(13-15)32-12-11-27)20(23(29)24(26)30)22(28)18-14-17(31-4-2)8-9-19(18)25/h5-9,13-14,21,27-28H,3-4,10-12H2,1-2H3/b22-20+. The lowest BCUT2D eigenvalue weighted by atomic mass is 9.95. The summed E-state index contributed by atoms with van der Waals surface area (Å²) in [6.07, 6.45) is 0.630. The minimum absolute atomic E-state index is 0.0432. The van der Waals surface area contributed by atoms with Crippen molar-refractivity contribution >= 4 is 29.1 Å². The summed E-state index contributed by atoms with van der Waals surface area (Å²) in [5.41, 5.74) is 0.773. The molecule has 0 radical (unpaired) electrons. The van der Waals surface area contributed by atoms with Gasteiger partial charge < -0.3 is 24.6 Å². The fourth-order valence-corrected chi connectivity index (χ4v) is 3.93. The maximum absolute atomic E-state index is 13.0. The van der Waals surface area contributed by atoms with Crippen molar-refractivity contribution < 1.29 is 29.3 Å². The Balaban J connectivity index is 2.17. The Kier molecular flexibility index (Phi) is 7.77. The fourth-order valence-electron chi connectivity index (χ4n) is 3.72. The first kappa shape index (κ1) is 23.6. The molecule has 1 amide bonds. The third-order valence-electron chi connectivity index (χ3n) is 5.04. The van der Waals surface area contributed by atoms with Crippen LogP contribution in [0.4, 0.5) is 0 Å². The summed E-state index contributed by atoms with van der Waals surface area (Å²) in [5.74, 6) is -0.856. The molecular formula is C24H26ClNO6. The zero-order chi connectivity index (χ0) is 23.3. The molecule has 1 aliphatic heterocycles. The number of rotatable bonds is 9. The van der Waals surface area contributed by atoms with Crippen molar-refractivity contribution in [3.05, 3.63) is 64.2 Å². The van der Waals surface area contributed by atoms with Gasteiger partial charge in [0.05, 0.1) is 29.9 Å². The number of halogens is 1. The Bertz CT molecular complexity index is 1030. The van der Waals surface area contributed by atoms with Gasteiger partial charge in [-0.2, -0.15) is 0 Å². The molecule has 32 heavy (non-hydrogen) atoms. The Labute approximate surface area is 191 Å². The predicted molar refractivity (Wildman–Crippen MR) is 121 cm³/mol. The van der Waals surface area contributed by atoms with Crippen LogP contribution in [0.3, 0.4) is 0 Å². The second-order valence-electron chi connectivity index (χ2n) is 7.21. The van der Waals surface area contributed by atoms with Gasteiger partial charge in [0, 0.05) is 12.1 Å². The smallest absolute Gasteiger partial charge is 0.295 e. The number of likely N-dealkylation sites (tertiary alicyclic amines) is 1. The molecule has 0 aromatic heterocycles. The summed E-state index contributed by atoms with van der Waals surface area (Å²) in [6.45, 7) is 4.45. The molecule has 1 unspecified atom stereocenters. The molecule has 0 spiro atoms. The first-order valence-corrected chi connectivity index (χ1v) is 10.8. The number of ketones is 1. The topological polar surface area (TPSA) is 96.3 Å². The molecule has 170 valence electrons. The summed E-state index contributed by atoms with van der Waals surface area (Å²) in [6, 6.07) is 10.9. The molecule has 8 heteroatoms. The van der Waals surface area contributed by atoms with Crippen molar-refractivity contribution in [2.24, 2.45) is 0 Å². The van der Waals surface area contributed by atoms with E-state index in [2.05, 4.69) is 0 Å². The van der Waals surface area contributed by atoms with E-state index < -0.39 is 17.7 Å². The highest BCUT2D eigenvalue weighted by Crippen LogP contribution is 2.41. The summed E-state index contributed by atoms with van der Waals surface area (Å²) < 4.78 is 11.0. The van der Waals surface area contributed by atoms with Gasteiger partial charge in [-0.25, -0.2) is 0 Å². The van der Waals surface area contributed by atoms with Gasteiger partial charge in [-0.15, -0.1) is 0 Å². The number of benzene rings is 2. The largest absolute Gasteiger partial charge is 0.507 e. The van der Waals surface area contributed by atoms with E-state index in [-0.39, 0.29) is 35.1 Å². The van der Waals surface area contributed by atoms with Crippen LogP contribution in [0.5, 0.6) is 11.5 Å². The van der Waals surface area contributed by atoms with Crippen LogP contribution >= 0.6 is 11.6 Å². The van der Waals surface area contributed by atoms with E-state index in [4.69, 9.17) is 26.2 Å². The zero-order valence-corrected chi connectivity index (χ0v) is 18.8. The van der Waals surface area contributed by atoms with Crippen LogP contribution in [-0.2, 0) is 9.59 Å². The van der Waals surface area contributed by atoms with Crippen molar-refractivity contribution in [1.82, 2.24) is 4.90 Å². The van der Waals surface area contributed by atoms with Crippen molar-refractivity contribution in [1.29, 1.82) is 0 Å². The minimum Gasteiger partial charge on any atom is -0.507 e. The average Bonchev–Trinajstić information content (AvgIpc) is 3.04. The van der Waals surface area contributed by atoms with Crippen molar-refractivity contribution in [2.75, 3.05) is 26.4 Å². The Morgan fingerprint density at radius 2 is 1.84 bits per heavy atom. The molecule has 1 aliphatic rings. The van der Waals surface area contributed by atoms with Crippen LogP contribution in [0.1, 0.15) is 37.4 Å². The van der Waals surface area contributed by atoms with E-state index >= 15 is 0 Å². The molecule has 0 saturated carbocycles. The van der Waals surface area contributed by atoms with Crippen molar-refractivity contribution in [3.63, 3.8) is 0 Å². The Morgan fingerprint density at radius 1 is 1.09 bits per heavy atom. The summed E-state index contributed by atoms with van der Waals surface area (Å²) in [5, 5.41) is 20.4. The van der Waals surface area contributed by atoms with Crippen LogP contribution < -0.4 is 9.47 Å². The van der Waals surface area contributed by atoms with Gasteiger partial charge in [0.15, 0.2) is 0 Å². The van der Waals surface area contributed by atoms with Gasteiger partial charge in [-0.05, 0) is 49.2 Å². The number of hydrogen-bond donors (Lipinski definition) is 2. The van der Waals surface area contributed by atoms with E-state index in [0.717, 1.165) is 0 Å². The molecule has 3 rings (SSSR count). The van der Waals surface area contributed by atoms with E-state index in [1.54, 1.807) is 42.5 Å². The highest BCUT2D eigenvalue weighted by Gasteiger charge is 2.46. The molecule has 7 nitrogen and oxygen atoms in total. The highest BCUT2D eigenvalue weighted by molar-refractivity contribution is 6.47. The number of ether oxygens (including phenoxy) is 2. The number of aliphatic hydroxyl groups excluding tert-OH is 2. The van der Waals surface area contributed by atoms with Crippen molar-refractivity contribution in [3.8, 4) is 11.5 Å².